The molecule has 1 aromatic heterocycles. The predicted molar refractivity (Wildman–Crippen MR) is 94.0 cm³/mol. The molecule has 0 amide bonds. The molecule has 0 bridgehead atoms. The number of alkyl halides is 1. The number of imidazole rings is 1. The Bertz CT molecular complexity index is 626. The molecule has 21 heavy (non-hydrogen) atoms. The first-order valence-electron chi connectivity index (χ1n) is 7.49. The van der Waals surface area contributed by atoms with E-state index in [1.54, 1.807) is 0 Å². The van der Waals surface area contributed by atoms with Gasteiger partial charge in [-0.25, -0.2) is 4.98 Å². The lowest BCUT2D eigenvalue weighted by atomic mass is 9.94. The standard InChI is InChI=1S/C16H20Cl2N2S/c1-21-15-5-3-2-4-13(15)20-14-10-11(18)6-7-12(14)19-16(20)8-9-17/h6-7,10,13,15H,2-5,8-9H2,1H3. The highest BCUT2D eigenvalue weighted by atomic mass is 35.5. The van der Waals surface area contributed by atoms with E-state index in [1.807, 2.05) is 30.0 Å². The first kappa shape index (κ1) is 15.5. The second-order valence-electron chi connectivity index (χ2n) is 5.60. The minimum atomic E-state index is 0.510. The second kappa shape index (κ2) is 6.80. The molecule has 0 N–H and O–H groups in total. The highest BCUT2D eigenvalue weighted by molar-refractivity contribution is 7.99. The van der Waals surface area contributed by atoms with Gasteiger partial charge in [0.15, 0.2) is 0 Å². The largest absolute Gasteiger partial charge is 0.324 e. The van der Waals surface area contributed by atoms with Crippen LogP contribution in [0.15, 0.2) is 18.2 Å². The Morgan fingerprint density at radius 1 is 1.33 bits per heavy atom. The monoisotopic (exact) mass is 342 g/mol. The van der Waals surface area contributed by atoms with Crippen molar-refractivity contribution in [1.82, 2.24) is 9.55 Å². The summed E-state index contributed by atoms with van der Waals surface area (Å²) in [6, 6.07) is 6.49. The summed E-state index contributed by atoms with van der Waals surface area (Å²) in [6.45, 7) is 0. The number of nitrogens with zero attached hydrogens (tertiary/aromatic N) is 2. The zero-order valence-electron chi connectivity index (χ0n) is 12.2. The molecule has 0 saturated heterocycles. The Morgan fingerprint density at radius 2 is 2.14 bits per heavy atom. The molecule has 2 unspecified atom stereocenters. The fourth-order valence-electron chi connectivity index (χ4n) is 3.39. The summed E-state index contributed by atoms with van der Waals surface area (Å²) in [5.41, 5.74) is 2.19. The van der Waals surface area contributed by atoms with E-state index in [0.717, 1.165) is 28.3 Å². The highest BCUT2D eigenvalue weighted by Gasteiger charge is 2.29. The van der Waals surface area contributed by atoms with Gasteiger partial charge in [0.25, 0.3) is 0 Å². The quantitative estimate of drug-likeness (QED) is 0.700. The van der Waals surface area contributed by atoms with Crippen LogP contribution >= 0.6 is 35.0 Å². The third-order valence-corrected chi connectivity index (χ3v) is 5.92. The lowest BCUT2D eigenvalue weighted by Gasteiger charge is -2.33. The number of thioether (sulfide) groups is 1. The van der Waals surface area contributed by atoms with Gasteiger partial charge < -0.3 is 4.57 Å². The smallest absolute Gasteiger partial charge is 0.111 e. The van der Waals surface area contributed by atoms with Crippen LogP contribution in [0, 0.1) is 0 Å². The third-order valence-electron chi connectivity index (χ3n) is 4.34. The van der Waals surface area contributed by atoms with Gasteiger partial charge in [0.2, 0.25) is 0 Å². The SMILES string of the molecule is CSC1CCCCC1n1c(CCCl)nc2ccc(Cl)cc21. The maximum atomic E-state index is 6.21. The molecule has 5 heteroatoms. The molecule has 1 heterocycles. The van der Waals surface area contributed by atoms with Crippen molar-refractivity contribution < 1.29 is 0 Å². The van der Waals surface area contributed by atoms with E-state index in [1.165, 1.54) is 25.7 Å². The van der Waals surface area contributed by atoms with Crippen LogP contribution < -0.4 is 0 Å². The molecule has 3 rings (SSSR count). The van der Waals surface area contributed by atoms with Crippen LogP contribution in [-0.2, 0) is 6.42 Å². The summed E-state index contributed by atoms with van der Waals surface area (Å²) < 4.78 is 2.42. The number of hydrogen-bond donors (Lipinski definition) is 0. The van der Waals surface area contributed by atoms with Gasteiger partial charge in [0.1, 0.15) is 5.82 Å². The minimum Gasteiger partial charge on any atom is -0.324 e. The van der Waals surface area contributed by atoms with Gasteiger partial charge in [-0.05, 0) is 37.3 Å². The van der Waals surface area contributed by atoms with Gasteiger partial charge in [-0.15, -0.1) is 11.6 Å². The summed E-state index contributed by atoms with van der Waals surface area (Å²) >= 11 is 14.2. The first-order chi connectivity index (χ1) is 10.2. The van der Waals surface area contributed by atoms with Gasteiger partial charge in [0, 0.05) is 28.6 Å². The molecule has 1 aliphatic rings. The van der Waals surface area contributed by atoms with Crippen LogP contribution in [0.5, 0.6) is 0 Å². The Balaban J connectivity index is 2.13. The van der Waals surface area contributed by atoms with Crippen molar-refractivity contribution in [1.29, 1.82) is 0 Å². The summed E-state index contributed by atoms with van der Waals surface area (Å²) in [7, 11) is 0. The van der Waals surface area contributed by atoms with Crippen LogP contribution in [-0.4, -0.2) is 26.9 Å². The van der Waals surface area contributed by atoms with Crippen molar-refractivity contribution >= 4 is 46.0 Å². The average Bonchev–Trinajstić information content (AvgIpc) is 2.84. The summed E-state index contributed by atoms with van der Waals surface area (Å²) in [5, 5.41) is 1.43. The lowest BCUT2D eigenvalue weighted by molar-refractivity contribution is 0.364. The molecular formula is C16H20Cl2N2S. The Labute approximate surface area is 140 Å². The molecule has 0 spiro atoms. The van der Waals surface area contributed by atoms with E-state index >= 15 is 0 Å². The van der Waals surface area contributed by atoms with E-state index in [9.17, 15) is 0 Å². The van der Waals surface area contributed by atoms with Crippen molar-refractivity contribution in [3.63, 3.8) is 0 Å². The zero-order valence-corrected chi connectivity index (χ0v) is 14.5. The minimum absolute atomic E-state index is 0.510. The molecule has 2 nitrogen and oxygen atoms in total. The molecule has 2 aromatic rings. The maximum absolute atomic E-state index is 6.21. The molecule has 1 fully saturated rings. The number of halogens is 2. The lowest BCUT2D eigenvalue weighted by Crippen LogP contribution is -2.26. The number of rotatable bonds is 4. The second-order valence-corrected chi connectivity index (χ2v) is 7.49. The third kappa shape index (κ3) is 3.06. The zero-order chi connectivity index (χ0) is 14.8. The highest BCUT2D eigenvalue weighted by Crippen LogP contribution is 2.38. The van der Waals surface area contributed by atoms with E-state index in [0.29, 0.717) is 17.2 Å². The predicted octanol–water partition coefficient (Wildman–Crippen LogP) is 5.32. The topological polar surface area (TPSA) is 17.8 Å². The van der Waals surface area contributed by atoms with Crippen LogP contribution in [0.25, 0.3) is 11.0 Å². The van der Waals surface area contributed by atoms with Crippen LogP contribution in [0.3, 0.4) is 0 Å². The number of fused-ring (bicyclic) bond motifs is 1. The van der Waals surface area contributed by atoms with Gasteiger partial charge in [-0.1, -0.05) is 24.4 Å². The molecular weight excluding hydrogens is 323 g/mol. The summed E-state index contributed by atoms with van der Waals surface area (Å²) in [4.78, 5) is 4.80. The average molecular weight is 343 g/mol. The fourth-order valence-corrected chi connectivity index (χ4v) is 4.70. The number of aryl methyl sites for hydroxylation is 1. The molecule has 1 aromatic carbocycles. The van der Waals surface area contributed by atoms with E-state index in [2.05, 4.69) is 10.8 Å². The van der Waals surface area contributed by atoms with E-state index in [-0.39, 0.29) is 0 Å². The van der Waals surface area contributed by atoms with Crippen molar-refractivity contribution in [3.05, 3.63) is 29.0 Å². The Hall–Kier alpha value is -0.380. The summed E-state index contributed by atoms with van der Waals surface area (Å²) in [5.74, 6) is 1.71. The van der Waals surface area contributed by atoms with Crippen molar-refractivity contribution in [2.75, 3.05) is 12.1 Å². The van der Waals surface area contributed by atoms with Crippen LogP contribution in [0.4, 0.5) is 0 Å². The van der Waals surface area contributed by atoms with Gasteiger partial charge in [-0.3, -0.25) is 0 Å². The Morgan fingerprint density at radius 3 is 2.90 bits per heavy atom. The molecule has 1 aliphatic carbocycles. The van der Waals surface area contributed by atoms with E-state index < -0.39 is 0 Å². The van der Waals surface area contributed by atoms with Crippen molar-refractivity contribution in [2.24, 2.45) is 0 Å². The molecule has 114 valence electrons. The molecule has 0 radical (unpaired) electrons. The first-order valence-corrected chi connectivity index (χ1v) is 9.69. The number of benzene rings is 1. The number of aromatic nitrogens is 2. The number of hydrogen-bond acceptors (Lipinski definition) is 2. The van der Waals surface area contributed by atoms with Crippen molar-refractivity contribution in [3.8, 4) is 0 Å². The summed E-state index contributed by atoms with van der Waals surface area (Å²) in [6.07, 6.45) is 8.16. The van der Waals surface area contributed by atoms with Crippen LogP contribution in [0.1, 0.15) is 37.5 Å². The fraction of sp³-hybridized carbons (Fsp3) is 0.562. The van der Waals surface area contributed by atoms with Gasteiger partial charge >= 0.3 is 0 Å². The molecule has 2 atom stereocenters. The molecule has 0 aliphatic heterocycles. The normalized spacial score (nSPS) is 22.8. The van der Waals surface area contributed by atoms with E-state index in [4.69, 9.17) is 28.2 Å². The van der Waals surface area contributed by atoms with Gasteiger partial charge in [-0.2, -0.15) is 11.8 Å². The van der Waals surface area contributed by atoms with Gasteiger partial charge in [0.05, 0.1) is 11.0 Å². The Kier molecular flexibility index (Phi) is 5.03. The van der Waals surface area contributed by atoms with Crippen molar-refractivity contribution in [2.45, 2.75) is 43.4 Å². The molecule has 1 saturated carbocycles. The van der Waals surface area contributed by atoms with Crippen LogP contribution in [0.2, 0.25) is 5.02 Å². The maximum Gasteiger partial charge on any atom is 0.111 e.